The van der Waals surface area contributed by atoms with Crippen molar-refractivity contribution in [2.75, 3.05) is 7.11 Å². The monoisotopic (exact) mass is 443 g/mol. The SMILES string of the molecule is COc1cc(/C=C(/C#N)c2ccc(C(F)(F)F)cc2)ccc1OCc1ccc(C(=O)O)o1. The Labute approximate surface area is 180 Å². The summed E-state index contributed by atoms with van der Waals surface area (Å²) >= 11 is 0. The summed E-state index contributed by atoms with van der Waals surface area (Å²) in [5, 5.41) is 18.3. The van der Waals surface area contributed by atoms with Gasteiger partial charge in [-0.05, 0) is 53.6 Å². The molecule has 2 aromatic carbocycles. The normalized spacial score (nSPS) is 11.7. The molecule has 1 aromatic heterocycles. The second kappa shape index (κ2) is 9.31. The number of carbonyl (C=O) groups is 1. The van der Waals surface area contributed by atoms with Crippen LogP contribution >= 0.6 is 0 Å². The summed E-state index contributed by atoms with van der Waals surface area (Å²) in [6, 6.07) is 13.9. The fourth-order valence-corrected chi connectivity index (χ4v) is 2.80. The van der Waals surface area contributed by atoms with Gasteiger partial charge in [0.15, 0.2) is 11.5 Å². The summed E-state index contributed by atoms with van der Waals surface area (Å²) in [5.41, 5.74) is 0.281. The van der Waals surface area contributed by atoms with Crippen LogP contribution in [-0.2, 0) is 12.8 Å². The third kappa shape index (κ3) is 5.29. The minimum Gasteiger partial charge on any atom is -0.493 e. The van der Waals surface area contributed by atoms with Crippen LogP contribution in [0.1, 0.15) is 33.0 Å². The Morgan fingerprint density at radius 1 is 1.12 bits per heavy atom. The quantitative estimate of drug-likeness (QED) is 0.375. The number of hydrogen-bond donors (Lipinski definition) is 1. The van der Waals surface area contributed by atoms with E-state index in [9.17, 15) is 23.2 Å². The number of furan rings is 1. The summed E-state index contributed by atoms with van der Waals surface area (Å²) in [6.07, 6.45) is -2.94. The fraction of sp³-hybridized carbons (Fsp3) is 0.130. The topological polar surface area (TPSA) is 92.7 Å². The van der Waals surface area contributed by atoms with E-state index in [1.165, 1.54) is 37.5 Å². The molecule has 32 heavy (non-hydrogen) atoms. The van der Waals surface area contributed by atoms with Crippen molar-refractivity contribution in [2.24, 2.45) is 0 Å². The maximum atomic E-state index is 12.7. The summed E-state index contributed by atoms with van der Waals surface area (Å²) < 4.78 is 54.3. The lowest BCUT2D eigenvalue weighted by Gasteiger charge is -2.11. The number of alkyl halides is 3. The zero-order valence-corrected chi connectivity index (χ0v) is 16.6. The van der Waals surface area contributed by atoms with Crippen molar-refractivity contribution in [2.45, 2.75) is 12.8 Å². The van der Waals surface area contributed by atoms with Gasteiger partial charge < -0.3 is 19.0 Å². The van der Waals surface area contributed by atoms with E-state index in [2.05, 4.69) is 0 Å². The second-order valence-corrected chi connectivity index (χ2v) is 6.52. The van der Waals surface area contributed by atoms with Crippen molar-refractivity contribution in [1.29, 1.82) is 5.26 Å². The highest BCUT2D eigenvalue weighted by molar-refractivity contribution is 5.90. The summed E-state index contributed by atoms with van der Waals surface area (Å²) in [6.45, 7) is -0.0339. The first-order valence-electron chi connectivity index (χ1n) is 9.13. The number of benzene rings is 2. The highest BCUT2D eigenvalue weighted by Crippen LogP contribution is 2.32. The molecule has 0 radical (unpaired) electrons. The molecule has 0 aliphatic heterocycles. The average Bonchev–Trinajstić information content (AvgIpc) is 3.25. The van der Waals surface area contributed by atoms with E-state index in [0.29, 0.717) is 28.4 Å². The molecular formula is C23H16F3NO5. The maximum absolute atomic E-state index is 12.7. The summed E-state index contributed by atoms with van der Waals surface area (Å²) in [7, 11) is 1.42. The van der Waals surface area contributed by atoms with Gasteiger partial charge in [-0.1, -0.05) is 18.2 Å². The van der Waals surface area contributed by atoms with Gasteiger partial charge in [0, 0.05) is 0 Å². The van der Waals surface area contributed by atoms with Crippen LogP contribution in [0.4, 0.5) is 13.2 Å². The van der Waals surface area contributed by atoms with Crippen molar-refractivity contribution in [3.63, 3.8) is 0 Å². The number of allylic oxidation sites excluding steroid dienone is 1. The van der Waals surface area contributed by atoms with Crippen LogP contribution in [-0.4, -0.2) is 18.2 Å². The molecule has 3 rings (SSSR count). The third-order valence-corrected chi connectivity index (χ3v) is 4.38. The van der Waals surface area contributed by atoms with E-state index in [-0.39, 0.29) is 17.9 Å². The number of aromatic carboxylic acids is 1. The molecule has 0 atom stereocenters. The van der Waals surface area contributed by atoms with E-state index in [1.54, 1.807) is 18.2 Å². The first kappa shape index (κ1) is 22.5. The Hall–Kier alpha value is -4.19. The van der Waals surface area contributed by atoms with Crippen LogP contribution in [0.5, 0.6) is 11.5 Å². The van der Waals surface area contributed by atoms with Gasteiger partial charge in [0.25, 0.3) is 0 Å². The highest BCUT2D eigenvalue weighted by Gasteiger charge is 2.30. The van der Waals surface area contributed by atoms with Crippen molar-refractivity contribution < 1.29 is 37.0 Å². The third-order valence-electron chi connectivity index (χ3n) is 4.38. The number of nitriles is 1. The number of hydrogen-bond acceptors (Lipinski definition) is 5. The van der Waals surface area contributed by atoms with E-state index >= 15 is 0 Å². The van der Waals surface area contributed by atoms with Gasteiger partial charge in [-0.2, -0.15) is 18.4 Å². The first-order chi connectivity index (χ1) is 15.2. The Morgan fingerprint density at radius 3 is 2.41 bits per heavy atom. The van der Waals surface area contributed by atoms with Crippen LogP contribution in [0.3, 0.4) is 0 Å². The minimum absolute atomic E-state index is 0.0339. The zero-order valence-electron chi connectivity index (χ0n) is 16.6. The van der Waals surface area contributed by atoms with Crippen LogP contribution in [0.15, 0.2) is 59.0 Å². The zero-order chi connectivity index (χ0) is 23.3. The Morgan fingerprint density at radius 2 is 1.84 bits per heavy atom. The molecule has 0 unspecified atom stereocenters. The minimum atomic E-state index is -4.46. The molecule has 0 saturated carbocycles. The van der Waals surface area contributed by atoms with Gasteiger partial charge in [0.1, 0.15) is 12.4 Å². The van der Waals surface area contributed by atoms with E-state index in [4.69, 9.17) is 19.0 Å². The molecule has 0 amide bonds. The van der Waals surface area contributed by atoms with Crippen molar-refractivity contribution in [3.8, 4) is 17.6 Å². The number of methoxy groups -OCH3 is 1. The van der Waals surface area contributed by atoms with Crippen molar-refractivity contribution in [3.05, 3.63) is 82.8 Å². The number of nitrogens with zero attached hydrogens (tertiary/aromatic N) is 1. The first-order valence-corrected chi connectivity index (χ1v) is 9.13. The van der Waals surface area contributed by atoms with E-state index in [1.807, 2.05) is 6.07 Å². The van der Waals surface area contributed by atoms with Gasteiger partial charge in [-0.3, -0.25) is 0 Å². The number of carboxylic acid groups (broad SMARTS) is 1. The Bertz CT molecular complexity index is 1190. The van der Waals surface area contributed by atoms with Crippen LogP contribution in [0.2, 0.25) is 0 Å². The summed E-state index contributed by atoms with van der Waals surface area (Å²) in [5.74, 6) is -0.392. The molecule has 0 bridgehead atoms. The van der Waals surface area contributed by atoms with Crippen LogP contribution < -0.4 is 9.47 Å². The molecule has 0 aliphatic rings. The number of ether oxygens (including phenoxy) is 2. The molecule has 3 aromatic rings. The molecule has 6 nitrogen and oxygen atoms in total. The lowest BCUT2D eigenvalue weighted by atomic mass is 10.0. The van der Waals surface area contributed by atoms with E-state index < -0.39 is 17.7 Å². The highest BCUT2D eigenvalue weighted by atomic mass is 19.4. The molecule has 1 heterocycles. The molecule has 0 fully saturated rings. The molecular weight excluding hydrogens is 427 g/mol. The predicted molar refractivity (Wildman–Crippen MR) is 108 cm³/mol. The number of rotatable bonds is 7. The van der Waals surface area contributed by atoms with Gasteiger partial charge in [0.05, 0.1) is 24.3 Å². The summed E-state index contributed by atoms with van der Waals surface area (Å²) in [4.78, 5) is 10.9. The van der Waals surface area contributed by atoms with Crippen molar-refractivity contribution >= 4 is 17.6 Å². The van der Waals surface area contributed by atoms with Crippen molar-refractivity contribution in [1.82, 2.24) is 0 Å². The number of carboxylic acids is 1. The predicted octanol–water partition coefficient (Wildman–Crippen LogP) is 5.65. The smallest absolute Gasteiger partial charge is 0.416 e. The molecule has 0 aliphatic carbocycles. The van der Waals surface area contributed by atoms with Crippen LogP contribution in [0, 0.1) is 11.3 Å². The van der Waals surface area contributed by atoms with Gasteiger partial charge in [-0.15, -0.1) is 0 Å². The molecule has 164 valence electrons. The largest absolute Gasteiger partial charge is 0.493 e. The maximum Gasteiger partial charge on any atom is 0.416 e. The van der Waals surface area contributed by atoms with Gasteiger partial charge >= 0.3 is 12.1 Å². The van der Waals surface area contributed by atoms with E-state index in [0.717, 1.165) is 12.1 Å². The average molecular weight is 443 g/mol. The fourth-order valence-electron chi connectivity index (χ4n) is 2.80. The Kier molecular flexibility index (Phi) is 6.54. The molecule has 0 saturated heterocycles. The van der Waals surface area contributed by atoms with Crippen LogP contribution in [0.25, 0.3) is 11.6 Å². The number of halogens is 3. The standard InChI is InChI=1S/C23H16F3NO5/c1-30-21-11-14(2-8-19(21)31-13-18-7-9-20(32-18)22(28)29)10-16(12-27)15-3-5-17(6-4-15)23(24,25)26/h2-11H,13H2,1H3,(H,28,29)/b16-10-. The lowest BCUT2D eigenvalue weighted by molar-refractivity contribution is -0.137. The molecule has 1 N–H and O–H groups in total. The molecule has 9 heteroatoms. The lowest BCUT2D eigenvalue weighted by Crippen LogP contribution is -2.04. The second-order valence-electron chi connectivity index (χ2n) is 6.52. The molecule has 0 spiro atoms. The Balaban J connectivity index is 1.79. The van der Waals surface area contributed by atoms with Gasteiger partial charge in [0.2, 0.25) is 5.76 Å². The van der Waals surface area contributed by atoms with Gasteiger partial charge in [-0.25, -0.2) is 4.79 Å².